The summed E-state index contributed by atoms with van der Waals surface area (Å²) in [5, 5.41) is 14.9. The summed E-state index contributed by atoms with van der Waals surface area (Å²) < 4.78 is 12.0. The largest absolute Gasteiger partial charge is 0.464 e. The minimum Gasteiger partial charge on any atom is -0.464 e. The topological polar surface area (TPSA) is 26.3 Å². The van der Waals surface area contributed by atoms with Crippen LogP contribution >= 0.6 is 0 Å². The Balaban J connectivity index is 1.20. The van der Waals surface area contributed by atoms with Gasteiger partial charge in [0.1, 0.15) is 11.2 Å². The van der Waals surface area contributed by atoms with Crippen LogP contribution in [0.25, 0.3) is 143 Å². The fourth-order valence-electron chi connectivity index (χ4n) is 10.5. The van der Waals surface area contributed by atoms with Crippen molar-refractivity contribution in [1.82, 2.24) is 0 Å². The average molecular weight is 709 g/mol. The van der Waals surface area contributed by atoms with Gasteiger partial charge in [0.2, 0.25) is 0 Å². The first-order chi connectivity index (χ1) is 27.8. The van der Waals surface area contributed by atoms with Gasteiger partial charge in [0, 0.05) is 10.8 Å². The zero-order valence-electron chi connectivity index (χ0n) is 30.0. The molecule has 2 nitrogen and oxygen atoms in total. The van der Waals surface area contributed by atoms with Crippen LogP contribution in [-0.4, -0.2) is 0 Å². The van der Waals surface area contributed by atoms with E-state index >= 15 is 0 Å². The molecule has 0 N–H and O–H groups in total. The molecule has 0 radical (unpaired) electrons. The highest BCUT2D eigenvalue weighted by Crippen LogP contribution is 2.54. The highest BCUT2D eigenvalue weighted by atomic mass is 16.3. The molecule has 0 unspecified atom stereocenters. The lowest BCUT2D eigenvalue weighted by Crippen LogP contribution is -1.92. The Hall–Kier alpha value is -7.42. The lowest BCUT2D eigenvalue weighted by atomic mass is 9.84. The third kappa shape index (κ3) is 3.57. The number of rotatable bonds is 2. The van der Waals surface area contributed by atoms with Gasteiger partial charge in [0.15, 0.2) is 0 Å². The predicted octanol–water partition coefficient (Wildman–Crippen LogP) is 15.6. The summed E-state index contributed by atoms with van der Waals surface area (Å²) in [6.07, 6.45) is 3.62. The molecule has 10 aromatic carbocycles. The quantitative estimate of drug-likeness (QED) is 0.167. The molecule has 0 bridgehead atoms. The first-order valence-electron chi connectivity index (χ1n) is 19.3. The van der Waals surface area contributed by atoms with E-state index in [4.69, 9.17) is 8.83 Å². The van der Waals surface area contributed by atoms with Gasteiger partial charge in [-0.15, -0.1) is 0 Å². The maximum atomic E-state index is 6.00. The van der Waals surface area contributed by atoms with E-state index in [0.717, 1.165) is 21.9 Å². The Morgan fingerprint density at radius 1 is 0.232 bits per heavy atom. The SMILES string of the molecule is c1cc2c3c(cccc3c1)-c1cc3c(cc1-2)c(-c1cccc2occc12)cc1c2cc4c(cc2c(-c2cccc5occc25)cc31)-c1cccc2cccc-4c12. The molecule has 14 rings (SSSR count). The van der Waals surface area contributed by atoms with Crippen LogP contribution in [0.5, 0.6) is 0 Å². The first kappa shape index (κ1) is 29.0. The van der Waals surface area contributed by atoms with Crippen LogP contribution in [0.1, 0.15) is 0 Å². The van der Waals surface area contributed by atoms with Crippen molar-refractivity contribution in [2.24, 2.45) is 0 Å². The summed E-state index contributed by atoms with van der Waals surface area (Å²) in [5.74, 6) is 0. The highest BCUT2D eigenvalue weighted by Gasteiger charge is 2.27. The van der Waals surface area contributed by atoms with Gasteiger partial charge in [0.25, 0.3) is 0 Å². The van der Waals surface area contributed by atoms with Crippen molar-refractivity contribution < 1.29 is 8.83 Å². The van der Waals surface area contributed by atoms with Crippen molar-refractivity contribution in [3.05, 3.63) is 170 Å². The summed E-state index contributed by atoms with van der Waals surface area (Å²) >= 11 is 0. The van der Waals surface area contributed by atoms with Gasteiger partial charge < -0.3 is 8.83 Å². The molecule has 0 fully saturated rings. The van der Waals surface area contributed by atoms with Gasteiger partial charge in [-0.3, -0.25) is 0 Å². The molecule has 2 aromatic heterocycles. The molecule has 256 valence electrons. The second kappa shape index (κ2) is 10.2. The lowest BCUT2D eigenvalue weighted by molar-refractivity contribution is 0.615. The van der Waals surface area contributed by atoms with E-state index in [1.54, 1.807) is 0 Å². The second-order valence-electron chi connectivity index (χ2n) is 15.5. The Morgan fingerprint density at radius 3 is 0.964 bits per heavy atom. The molecule has 0 aliphatic heterocycles. The van der Waals surface area contributed by atoms with Crippen LogP contribution in [0.3, 0.4) is 0 Å². The van der Waals surface area contributed by atoms with Crippen molar-refractivity contribution in [3.63, 3.8) is 0 Å². The van der Waals surface area contributed by atoms with Crippen LogP contribution < -0.4 is 0 Å². The molecule has 0 amide bonds. The van der Waals surface area contributed by atoms with E-state index in [2.05, 4.69) is 158 Å². The third-order valence-electron chi connectivity index (χ3n) is 12.9. The van der Waals surface area contributed by atoms with Crippen LogP contribution in [0.15, 0.2) is 179 Å². The summed E-state index contributed by atoms with van der Waals surface area (Å²) in [4.78, 5) is 0. The Bertz CT molecular complexity index is 3500. The minimum absolute atomic E-state index is 0.895. The molecule has 0 saturated carbocycles. The highest BCUT2D eigenvalue weighted by molar-refractivity contribution is 6.30. The summed E-state index contributed by atoms with van der Waals surface area (Å²) in [6, 6.07) is 58.9. The van der Waals surface area contributed by atoms with E-state index in [0.29, 0.717) is 0 Å². The summed E-state index contributed by atoms with van der Waals surface area (Å²) in [7, 11) is 0. The minimum atomic E-state index is 0.895. The van der Waals surface area contributed by atoms with Crippen molar-refractivity contribution >= 4 is 75.8 Å². The van der Waals surface area contributed by atoms with Gasteiger partial charge in [-0.05, 0) is 181 Å². The van der Waals surface area contributed by atoms with Gasteiger partial charge in [-0.2, -0.15) is 0 Å². The fourth-order valence-corrected chi connectivity index (χ4v) is 10.5. The lowest BCUT2D eigenvalue weighted by Gasteiger charge is -2.19. The van der Waals surface area contributed by atoms with Crippen LogP contribution in [0.2, 0.25) is 0 Å². The van der Waals surface area contributed by atoms with Crippen LogP contribution in [0, 0.1) is 0 Å². The van der Waals surface area contributed by atoms with Crippen molar-refractivity contribution in [1.29, 1.82) is 0 Å². The van der Waals surface area contributed by atoms with Gasteiger partial charge in [-0.1, -0.05) is 97.1 Å². The molecular weight excluding hydrogens is 681 g/mol. The Kier molecular flexibility index (Phi) is 5.28. The molecule has 0 saturated heterocycles. The maximum Gasteiger partial charge on any atom is 0.134 e. The molecule has 2 heterocycles. The maximum absolute atomic E-state index is 6.00. The zero-order chi connectivity index (χ0) is 36.2. The van der Waals surface area contributed by atoms with Crippen molar-refractivity contribution in [3.8, 4) is 66.8 Å². The molecule has 2 aliphatic rings. The molecule has 56 heavy (non-hydrogen) atoms. The van der Waals surface area contributed by atoms with Gasteiger partial charge >= 0.3 is 0 Å². The number of hydrogen-bond donors (Lipinski definition) is 0. The van der Waals surface area contributed by atoms with Crippen LogP contribution in [-0.2, 0) is 0 Å². The number of fused-ring (bicyclic) bond motifs is 13. The smallest absolute Gasteiger partial charge is 0.134 e. The van der Waals surface area contributed by atoms with Crippen molar-refractivity contribution in [2.75, 3.05) is 0 Å². The van der Waals surface area contributed by atoms with Crippen molar-refractivity contribution in [2.45, 2.75) is 0 Å². The Morgan fingerprint density at radius 2 is 0.554 bits per heavy atom. The normalized spacial score (nSPS) is 12.6. The molecule has 0 spiro atoms. The summed E-state index contributed by atoms with van der Waals surface area (Å²) in [6.45, 7) is 0. The molecular formula is C54H28O2. The van der Waals surface area contributed by atoms with E-state index < -0.39 is 0 Å². The molecule has 12 aromatic rings. The Labute approximate surface area is 320 Å². The number of hydrogen-bond acceptors (Lipinski definition) is 2. The third-order valence-corrected chi connectivity index (χ3v) is 12.9. The summed E-state index contributed by atoms with van der Waals surface area (Å²) in [5.41, 5.74) is 16.9. The van der Waals surface area contributed by atoms with Crippen LogP contribution in [0.4, 0.5) is 0 Å². The van der Waals surface area contributed by atoms with E-state index in [1.807, 2.05) is 12.5 Å². The first-order valence-corrected chi connectivity index (χ1v) is 19.3. The second-order valence-corrected chi connectivity index (χ2v) is 15.5. The van der Waals surface area contributed by atoms with Gasteiger partial charge in [0.05, 0.1) is 12.5 Å². The number of benzene rings is 10. The molecule has 0 atom stereocenters. The number of furan rings is 2. The molecule has 2 heteroatoms. The predicted molar refractivity (Wildman–Crippen MR) is 233 cm³/mol. The standard InChI is InChI=1S/C54H28O2/c1-7-29-9-3-15-37-43-27-49-45(25-41(43)35(13-1)53(29)37)39(31-11-5-17-51-33(31)19-21-55-51)23-48-47(49)24-40(32-12-6-18-52-34(32)20-22-56-52)46-26-42-36-14-2-8-30-10-4-16-38(54(30)36)44(42)28-50(46)48/h1-28H. The van der Waals surface area contributed by atoms with E-state index in [9.17, 15) is 0 Å². The monoisotopic (exact) mass is 708 g/mol. The van der Waals surface area contributed by atoms with E-state index in [-0.39, 0.29) is 0 Å². The molecule has 2 aliphatic carbocycles. The van der Waals surface area contributed by atoms with E-state index in [1.165, 1.54) is 121 Å². The van der Waals surface area contributed by atoms with Gasteiger partial charge in [-0.25, -0.2) is 0 Å². The fraction of sp³-hybridized carbons (Fsp3) is 0. The average Bonchev–Trinajstić information content (AvgIpc) is 4.05. The zero-order valence-corrected chi connectivity index (χ0v) is 30.0.